The zero-order valence-electron chi connectivity index (χ0n) is 16.8. The summed E-state index contributed by atoms with van der Waals surface area (Å²) in [7, 11) is 0. The molecule has 1 aromatic heterocycles. The number of aromatic nitrogens is 1. The van der Waals surface area contributed by atoms with Crippen LogP contribution in [0.4, 0.5) is 5.82 Å². The van der Waals surface area contributed by atoms with Crippen LogP contribution in [-0.2, 0) is 6.42 Å². The van der Waals surface area contributed by atoms with Crippen LogP contribution in [0.2, 0.25) is 0 Å². The number of nitrogens with zero attached hydrogens (tertiary/aromatic N) is 3. The average Bonchev–Trinajstić information content (AvgIpc) is 2.75. The smallest absolute Gasteiger partial charge is 0.339 e. The summed E-state index contributed by atoms with van der Waals surface area (Å²) in [6.45, 7) is 2.96. The largest absolute Gasteiger partial charge is 0.478 e. The highest BCUT2D eigenvalue weighted by Gasteiger charge is 2.45. The molecule has 0 amide bonds. The standard InChI is InChI=1S/C24H29N3O2/c28-24(29)21-9-5-11-25-23(21)26-14-18-12-19(16-26)22-10-4-8-20(27(22)15-18)13-17-6-2-1-3-7-17/h1-3,5-7,9,11,18-20,22H,4,8,10,12-16H2,(H,28,29)/t18-,19+,20+,22-/m0/s1. The van der Waals surface area contributed by atoms with E-state index in [-0.39, 0.29) is 0 Å². The lowest BCUT2D eigenvalue weighted by atomic mass is 9.74. The van der Waals surface area contributed by atoms with Crippen molar-refractivity contribution < 1.29 is 9.90 Å². The van der Waals surface area contributed by atoms with Gasteiger partial charge in [0.2, 0.25) is 0 Å². The fraction of sp³-hybridized carbons (Fsp3) is 0.500. The normalized spacial score (nSPS) is 29.3. The molecular formula is C24H29N3O2. The third kappa shape index (κ3) is 3.64. The summed E-state index contributed by atoms with van der Waals surface area (Å²) in [6.07, 6.45) is 7.98. The van der Waals surface area contributed by atoms with E-state index < -0.39 is 5.97 Å². The molecule has 0 unspecified atom stereocenters. The molecule has 29 heavy (non-hydrogen) atoms. The Balaban J connectivity index is 1.35. The number of carboxylic acid groups (broad SMARTS) is 1. The maximum Gasteiger partial charge on any atom is 0.339 e. The van der Waals surface area contributed by atoms with Gasteiger partial charge < -0.3 is 10.0 Å². The lowest BCUT2D eigenvalue weighted by molar-refractivity contribution is -0.0187. The predicted molar refractivity (Wildman–Crippen MR) is 113 cm³/mol. The Bertz CT molecular complexity index is 871. The molecule has 1 N–H and O–H groups in total. The van der Waals surface area contributed by atoms with E-state index in [2.05, 4.69) is 45.1 Å². The van der Waals surface area contributed by atoms with Crippen LogP contribution in [0.25, 0.3) is 0 Å². The van der Waals surface area contributed by atoms with Crippen molar-refractivity contribution >= 4 is 11.8 Å². The Morgan fingerprint density at radius 1 is 1.07 bits per heavy atom. The van der Waals surface area contributed by atoms with Gasteiger partial charge in [-0.1, -0.05) is 36.8 Å². The molecule has 0 spiro atoms. The van der Waals surface area contributed by atoms with Crippen molar-refractivity contribution in [2.24, 2.45) is 11.8 Å². The topological polar surface area (TPSA) is 56.7 Å². The Morgan fingerprint density at radius 3 is 2.76 bits per heavy atom. The van der Waals surface area contributed by atoms with Gasteiger partial charge in [-0.25, -0.2) is 9.78 Å². The summed E-state index contributed by atoms with van der Waals surface area (Å²) in [4.78, 5) is 21.2. The molecule has 4 heterocycles. The minimum Gasteiger partial charge on any atom is -0.478 e. The number of hydrogen-bond donors (Lipinski definition) is 1. The number of piperidine rings is 3. The quantitative estimate of drug-likeness (QED) is 0.861. The summed E-state index contributed by atoms with van der Waals surface area (Å²) in [6, 6.07) is 15.5. The van der Waals surface area contributed by atoms with Crippen LogP contribution in [0.3, 0.4) is 0 Å². The highest BCUT2D eigenvalue weighted by molar-refractivity contribution is 5.93. The third-order valence-electron chi connectivity index (χ3n) is 7.15. The van der Waals surface area contributed by atoms with Gasteiger partial charge in [-0.05, 0) is 55.2 Å². The Morgan fingerprint density at radius 2 is 1.93 bits per heavy atom. The summed E-state index contributed by atoms with van der Waals surface area (Å²) in [5.74, 6) is 0.959. The Kier molecular flexibility index (Phi) is 5.00. The zero-order chi connectivity index (χ0) is 19.8. The molecule has 3 saturated heterocycles. The van der Waals surface area contributed by atoms with E-state index in [0.29, 0.717) is 35.3 Å². The summed E-state index contributed by atoms with van der Waals surface area (Å²) in [5.41, 5.74) is 1.77. The molecule has 3 fully saturated rings. The van der Waals surface area contributed by atoms with Gasteiger partial charge in [0.05, 0.1) is 0 Å². The minimum atomic E-state index is -0.883. The van der Waals surface area contributed by atoms with Crippen molar-refractivity contribution in [1.29, 1.82) is 0 Å². The number of fused-ring (bicyclic) bond motifs is 4. The monoisotopic (exact) mass is 391 g/mol. The molecule has 3 aliphatic heterocycles. The molecule has 1 aromatic carbocycles. The van der Waals surface area contributed by atoms with E-state index in [1.54, 1.807) is 18.3 Å². The molecular weight excluding hydrogens is 362 g/mol. The molecule has 3 aliphatic rings. The lowest BCUT2D eigenvalue weighted by Crippen LogP contribution is -2.62. The third-order valence-corrected chi connectivity index (χ3v) is 7.15. The van der Waals surface area contributed by atoms with Crippen LogP contribution >= 0.6 is 0 Å². The number of hydrogen-bond acceptors (Lipinski definition) is 4. The van der Waals surface area contributed by atoms with Crippen LogP contribution in [0.15, 0.2) is 48.7 Å². The van der Waals surface area contributed by atoms with E-state index in [1.165, 1.54) is 31.2 Å². The van der Waals surface area contributed by atoms with Crippen LogP contribution in [0.5, 0.6) is 0 Å². The number of anilines is 1. The number of rotatable bonds is 4. The molecule has 0 aliphatic carbocycles. The fourth-order valence-corrected chi connectivity index (χ4v) is 6.01. The first-order chi connectivity index (χ1) is 14.2. The highest BCUT2D eigenvalue weighted by Crippen LogP contribution is 2.41. The lowest BCUT2D eigenvalue weighted by Gasteiger charge is -2.55. The maximum absolute atomic E-state index is 11.7. The SMILES string of the molecule is O=C(O)c1cccnc1N1C[C@@H]2C[C@H](C1)[C@@H]1CCC[C@H](Cc3ccccc3)N1C2. The van der Waals surface area contributed by atoms with E-state index in [9.17, 15) is 9.90 Å². The van der Waals surface area contributed by atoms with Gasteiger partial charge in [0.1, 0.15) is 11.4 Å². The number of pyridine rings is 1. The summed E-state index contributed by atoms with van der Waals surface area (Å²) in [5, 5.41) is 9.59. The molecule has 2 aromatic rings. The molecule has 4 atom stereocenters. The molecule has 0 saturated carbocycles. The zero-order valence-corrected chi connectivity index (χ0v) is 16.8. The average molecular weight is 392 g/mol. The number of carbonyl (C=O) groups is 1. The second-order valence-electron chi connectivity index (χ2n) is 8.99. The van der Waals surface area contributed by atoms with E-state index in [1.807, 2.05) is 0 Å². The molecule has 0 radical (unpaired) electrons. The summed E-state index contributed by atoms with van der Waals surface area (Å²) < 4.78 is 0. The molecule has 152 valence electrons. The first-order valence-corrected chi connectivity index (χ1v) is 10.9. The van der Waals surface area contributed by atoms with Crippen molar-refractivity contribution in [2.75, 3.05) is 24.5 Å². The van der Waals surface area contributed by atoms with Crippen LogP contribution < -0.4 is 4.90 Å². The second kappa shape index (κ2) is 7.79. The van der Waals surface area contributed by atoms with Gasteiger partial charge in [0, 0.05) is 37.9 Å². The fourth-order valence-electron chi connectivity index (χ4n) is 6.01. The van der Waals surface area contributed by atoms with Crippen LogP contribution in [0.1, 0.15) is 41.6 Å². The van der Waals surface area contributed by atoms with Gasteiger partial charge in [-0.2, -0.15) is 0 Å². The van der Waals surface area contributed by atoms with Crippen LogP contribution in [-0.4, -0.2) is 52.7 Å². The summed E-state index contributed by atoms with van der Waals surface area (Å²) >= 11 is 0. The molecule has 5 nitrogen and oxygen atoms in total. The minimum absolute atomic E-state index is 0.329. The van der Waals surface area contributed by atoms with Crippen molar-refractivity contribution in [2.45, 2.75) is 44.2 Å². The van der Waals surface area contributed by atoms with Crippen molar-refractivity contribution in [3.05, 3.63) is 59.8 Å². The van der Waals surface area contributed by atoms with Gasteiger partial charge in [0.25, 0.3) is 0 Å². The van der Waals surface area contributed by atoms with Gasteiger partial charge in [-0.15, -0.1) is 0 Å². The number of benzene rings is 1. The molecule has 2 bridgehead atoms. The molecule has 5 heteroatoms. The van der Waals surface area contributed by atoms with Gasteiger partial charge in [0.15, 0.2) is 0 Å². The van der Waals surface area contributed by atoms with E-state index in [0.717, 1.165) is 26.1 Å². The molecule has 5 rings (SSSR count). The van der Waals surface area contributed by atoms with Crippen molar-refractivity contribution in [1.82, 2.24) is 9.88 Å². The maximum atomic E-state index is 11.7. The first-order valence-electron chi connectivity index (χ1n) is 10.9. The highest BCUT2D eigenvalue weighted by atomic mass is 16.4. The Labute approximate surface area is 172 Å². The van der Waals surface area contributed by atoms with Gasteiger partial charge >= 0.3 is 5.97 Å². The van der Waals surface area contributed by atoms with E-state index >= 15 is 0 Å². The predicted octanol–water partition coefficient (Wildman–Crippen LogP) is 3.70. The van der Waals surface area contributed by atoms with E-state index in [4.69, 9.17) is 0 Å². The van der Waals surface area contributed by atoms with Crippen molar-refractivity contribution in [3.63, 3.8) is 0 Å². The second-order valence-corrected chi connectivity index (χ2v) is 8.99. The number of aromatic carboxylic acids is 1. The first kappa shape index (κ1) is 18.6. The van der Waals surface area contributed by atoms with Gasteiger partial charge in [-0.3, -0.25) is 4.90 Å². The van der Waals surface area contributed by atoms with Crippen LogP contribution in [0, 0.1) is 11.8 Å². The van der Waals surface area contributed by atoms with Crippen molar-refractivity contribution in [3.8, 4) is 0 Å². The number of carboxylic acids is 1. The Hall–Kier alpha value is -2.40.